The average molecular weight is 280 g/mol. The van der Waals surface area contributed by atoms with Crippen molar-refractivity contribution in [3.05, 3.63) is 45.4 Å². The predicted molar refractivity (Wildman–Crippen MR) is 69.6 cm³/mol. The van der Waals surface area contributed by atoms with Gasteiger partial charge in [0, 0.05) is 6.92 Å². The molecule has 0 fully saturated rings. The molecule has 0 N–H and O–H groups in total. The summed E-state index contributed by atoms with van der Waals surface area (Å²) in [6, 6.07) is 6.82. The molecule has 1 aromatic heterocycles. The van der Waals surface area contributed by atoms with Crippen LogP contribution in [0.3, 0.4) is 0 Å². The van der Waals surface area contributed by atoms with E-state index in [4.69, 9.17) is 16.1 Å². The van der Waals surface area contributed by atoms with Crippen molar-refractivity contribution >= 4 is 28.9 Å². The third-order valence-electron chi connectivity index (χ3n) is 2.41. The second-order valence-corrected chi connectivity index (χ2v) is 4.18. The van der Waals surface area contributed by atoms with Crippen molar-refractivity contribution in [2.24, 2.45) is 10.2 Å². The van der Waals surface area contributed by atoms with Crippen molar-refractivity contribution in [2.45, 2.75) is 13.8 Å². The van der Waals surface area contributed by atoms with E-state index in [1.54, 1.807) is 31.2 Å². The van der Waals surface area contributed by atoms with Gasteiger partial charge in [-0.15, -0.1) is 15.0 Å². The maximum atomic E-state index is 11.5. The van der Waals surface area contributed by atoms with E-state index in [1.165, 1.54) is 6.92 Å². The van der Waals surface area contributed by atoms with Crippen molar-refractivity contribution in [3.63, 3.8) is 0 Å². The Morgan fingerprint density at radius 1 is 1.32 bits per heavy atom. The maximum Gasteiger partial charge on any atom is 0.385 e. The fourth-order valence-electron chi connectivity index (χ4n) is 1.49. The zero-order valence-electron chi connectivity index (χ0n) is 10.3. The van der Waals surface area contributed by atoms with Crippen molar-refractivity contribution < 1.29 is 9.32 Å². The molecule has 0 atom stereocenters. The number of nitrogens with zero attached hydrogens (tertiary/aromatic N) is 3. The first-order valence-electron chi connectivity index (χ1n) is 5.41. The summed E-state index contributed by atoms with van der Waals surface area (Å²) in [6.45, 7) is 2.83. The fourth-order valence-corrected chi connectivity index (χ4v) is 1.66. The predicted octanol–water partition coefficient (Wildman–Crippen LogP) is 3.48. The van der Waals surface area contributed by atoms with Gasteiger partial charge in [-0.05, 0) is 19.1 Å². The molecule has 0 bridgehead atoms. The van der Waals surface area contributed by atoms with E-state index in [-0.39, 0.29) is 5.69 Å². The lowest BCUT2D eigenvalue weighted by Crippen LogP contribution is -2.06. The van der Waals surface area contributed by atoms with Gasteiger partial charge in [0.2, 0.25) is 0 Å². The van der Waals surface area contributed by atoms with E-state index in [9.17, 15) is 9.59 Å². The molecular weight excluding hydrogens is 270 g/mol. The van der Waals surface area contributed by atoms with Crippen LogP contribution < -0.4 is 5.63 Å². The number of carbonyl (C=O) groups excluding carboxylic acids is 1. The smallest absolute Gasteiger partial charge is 0.326 e. The molecule has 0 amide bonds. The van der Waals surface area contributed by atoms with Crippen LogP contribution in [-0.2, 0) is 0 Å². The molecule has 0 spiro atoms. The molecule has 2 rings (SSSR count). The van der Waals surface area contributed by atoms with Crippen LogP contribution >= 0.6 is 11.6 Å². The van der Waals surface area contributed by atoms with Gasteiger partial charge in [0.05, 0.1) is 10.7 Å². The van der Waals surface area contributed by atoms with E-state index < -0.39 is 11.5 Å². The number of carbonyl (C=O) groups is 1. The summed E-state index contributed by atoms with van der Waals surface area (Å²) in [5.41, 5.74) is -0.00883. The van der Waals surface area contributed by atoms with E-state index >= 15 is 0 Å². The van der Waals surface area contributed by atoms with Gasteiger partial charge in [0.25, 0.3) is 5.91 Å². The Labute approximate surface area is 113 Å². The lowest BCUT2D eigenvalue weighted by molar-refractivity contribution is 0.0807. The van der Waals surface area contributed by atoms with Crippen molar-refractivity contribution in [1.29, 1.82) is 0 Å². The molecule has 6 nitrogen and oxygen atoms in total. The highest BCUT2D eigenvalue weighted by molar-refractivity contribution is 6.32. The number of halogens is 1. The Morgan fingerprint density at radius 3 is 2.58 bits per heavy atom. The van der Waals surface area contributed by atoms with Crippen LogP contribution in [0.1, 0.15) is 17.4 Å². The summed E-state index contributed by atoms with van der Waals surface area (Å²) in [7, 11) is 0. The fraction of sp³-hybridized carbons (Fsp3) is 0.167. The Balaban J connectivity index is 2.42. The molecule has 0 saturated heterocycles. The second-order valence-electron chi connectivity index (χ2n) is 3.78. The van der Waals surface area contributed by atoms with Crippen LogP contribution in [0, 0.1) is 6.92 Å². The van der Waals surface area contributed by atoms with Crippen LogP contribution in [0.4, 0.5) is 11.4 Å². The van der Waals surface area contributed by atoms with Crippen molar-refractivity contribution in [2.75, 3.05) is 0 Å². The highest BCUT2D eigenvalue weighted by Crippen LogP contribution is 2.26. The van der Waals surface area contributed by atoms with Crippen molar-refractivity contribution in [1.82, 2.24) is 4.74 Å². The number of benzene rings is 1. The summed E-state index contributed by atoms with van der Waals surface area (Å²) in [5, 5.41) is 8.10. The highest BCUT2D eigenvalue weighted by Gasteiger charge is 2.15. The zero-order valence-corrected chi connectivity index (χ0v) is 11.0. The minimum absolute atomic E-state index is 0.0184. The van der Waals surface area contributed by atoms with Crippen LogP contribution in [0.2, 0.25) is 5.02 Å². The van der Waals surface area contributed by atoms with Crippen LogP contribution in [0.25, 0.3) is 0 Å². The van der Waals surface area contributed by atoms with E-state index in [0.717, 1.165) is 4.74 Å². The van der Waals surface area contributed by atoms with E-state index in [0.29, 0.717) is 16.4 Å². The molecule has 0 aliphatic heterocycles. The van der Waals surface area contributed by atoms with Crippen LogP contribution in [0.15, 0.2) is 43.8 Å². The minimum Gasteiger partial charge on any atom is -0.326 e. The first-order chi connectivity index (χ1) is 9.00. The first-order valence-corrected chi connectivity index (χ1v) is 5.78. The van der Waals surface area contributed by atoms with Gasteiger partial charge in [-0.25, -0.2) is 4.79 Å². The van der Waals surface area contributed by atoms with E-state index in [1.807, 2.05) is 0 Å². The molecule has 7 heteroatoms. The number of hydrogen-bond acceptors (Lipinski definition) is 5. The Morgan fingerprint density at radius 2 is 2.00 bits per heavy atom. The molecule has 0 radical (unpaired) electrons. The normalized spacial score (nSPS) is 11.1. The van der Waals surface area contributed by atoms with Gasteiger partial charge in [-0.2, -0.15) is 0 Å². The average Bonchev–Trinajstić information content (AvgIpc) is 2.65. The molecule has 98 valence electrons. The topological polar surface area (TPSA) is 76.9 Å². The molecule has 2 aromatic rings. The largest absolute Gasteiger partial charge is 0.385 e. The van der Waals surface area contributed by atoms with Crippen LogP contribution in [0.5, 0.6) is 0 Å². The third kappa shape index (κ3) is 2.63. The Bertz CT molecular complexity index is 715. The Hall–Kier alpha value is -2.21. The van der Waals surface area contributed by atoms with Gasteiger partial charge in [-0.3, -0.25) is 4.79 Å². The lowest BCUT2D eigenvalue weighted by atomic mass is 10.3. The minimum atomic E-state index is -0.719. The molecule has 0 saturated carbocycles. The summed E-state index contributed by atoms with van der Waals surface area (Å²) in [6.07, 6.45) is 0. The monoisotopic (exact) mass is 279 g/mol. The van der Waals surface area contributed by atoms with Gasteiger partial charge in [0.1, 0.15) is 5.69 Å². The summed E-state index contributed by atoms with van der Waals surface area (Å²) in [4.78, 5) is 22.7. The zero-order chi connectivity index (χ0) is 14.0. The number of azo groups is 1. The van der Waals surface area contributed by atoms with Gasteiger partial charge in [-0.1, -0.05) is 23.7 Å². The Kier molecular flexibility index (Phi) is 3.62. The molecule has 0 aliphatic rings. The summed E-state index contributed by atoms with van der Waals surface area (Å²) in [5.74, 6) is -0.409. The molecule has 1 heterocycles. The van der Waals surface area contributed by atoms with E-state index in [2.05, 4.69) is 10.2 Å². The summed E-state index contributed by atoms with van der Waals surface area (Å²) < 4.78 is 5.63. The SMILES string of the molecule is CC(=O)n1oc(=O)c(N=Nc2ccccc2Cl)c1C. The number of rotatable bonds is 2. The second kappa shape index (κ2) is 5.19. The van der Waals surface area contributed by atoms with Gasteiger partial charge < -0.3 is 4.52 Å². The third-order valence-corrected chi connectivity index (χ3v) is 2.73. The first kappa shape index (κ1) is 13.2. The lowest BCUT2D eigenvalue weighted by Gasteiger charge is -1.95. The highest BCUT2D eigenvalue weighted by atomic mass is 35.5. The molecule has 1 aromatic carbocycles. The van der Waals surface area contributed by atoms with Gasteiger partial charge in [0.15, 0.2) is 5.69 Å². The molecule has 0 unspecified atom stereocenters. The summed E-state index contributed by atoms with van der Waals surface area (Å²) >= 11 is 5.91. The quantitative estimate of drug-likeness (QED) is 0.790. The molecule has 0 aliphatic carbocycles. The number of aromatic nitrogens is 1. The van der Waals surface area contributed by atoms with Crippen molar-refractivity contribution in [3.8, 4) is 0 Å². The van der Waals surface area contributed by atoms with Crippen LogP contribution in [-0.4, -0.2) is 10.6 Å². The molecular formula is C12H10ClN3O3. The maximum absolute atomic E-state index is 11.5. The van der Waals surface area contributed by atoms with Gasteiger partial charge >= 0.3 is 5.63 Å². The molecule has 19 heavy (non-hydrogen) atoms. The standard InChI is InChI=1S/C12H10ClN3O3/c1-7-11(12(18)19-16(7)8(2)17)15-14-10-6-4-3-5-9(10)13/h3-6H,1-2H3. The number of hydrogen-bond donors (Lipinski definition) is 0.